The Morgan fingerprint density at radius 1 is 1.21 bits per heavy atom. The number of carboxylic acid groups (broad SMARTS) is 1. The van der Waals surface area contributed by atoms with Crippen LogP contribution in [0.5, 0.6) is 0 Å². The largest absolute Gasteiger partial charge is 0.480 e. The number of carbonyl (C=O) groups excluding carboxylic acids is 3. The Balaban J connectivity index is 2.85. The summed E-state index contributed by atoms with van der Waals surface area (Å²) in [6, 6.07) is -2.27. The predicted molar refractivity (Wildman–Crippen MR) is 103 cm³/mol. The van der Waals surface area contributed by atoms with Gasteiger partial charge in [-0.15, -0.1) is 0 Å². The van der Waals surface area contributed by atoms with Crippen LogP contribution in [0.1, 0.15) is 46.0 Å². The first-order valence-corrected chi connectivity index (χ1v) is 9.75. The van der Waals surface area contributed by atoms with Gasteiger partial charge in [-0.05, 0) is 44.6 Å². The van der Waals surface area contributed by atoms with Crippen molar-refractivity contribution < 1.29 is 24.3 Å². The molecule has 0 aromatic rings. The van der Waals surface area contributed by atoms with Crippen LogP contribution in [-0.2, 0) is 19.2 Å². The highest BCUT2D eigenvalue weighted by Crippen LogP contribution is 2.20. The van der Waals surface area contributed by atoms with Gasteiger partial charge in [-0.2, -0.15) is 0 Å². The van der Waals surface area contributed by atoms with Crippen LogP contribution in [0, 0.1) is 5.92 Å². The Labute approximate surface area is 165 Å². The first-order valence-electron chi connectivity index (χ1n) is 9.75. The van der Waals surface area contributed by atoms with E-state index in [1.54, 1.807) is 0 Å². The minimum atomic E-state index is -1.15. The summed E-state index contributed by atoms with van der Waals surface area (Å²) >= 11 is 0. The van der Waals surface area contributed by atoms with Crippen molar-refractivity contribution in [2.24, 2.45) is 17.4 Å². The van der Waals surface area contributed by atoms with E-state index in [2.05, 4.69) is 10.6 Å². The molecule has 1 heterocycles. The number of carbonyl (C=O) groups is 4. The molecule has 0 aromatic carbocycles. The van der Waals surface area contributed by atoms with Crippen LogP contribution in [0.15, 0.2) is 0 Å². The van der Waals surface area contributed by atoms with E-state index < -0.39 is 42.5 Å². The lowest BCUT2D eigenvalue weighted by Gasteiger charge is -2.29. The van der Waals surface area contributed by atoms with Crippen LogP contribution in [0.3, 0.4) is 0 Å². The first-order chi connectivity index (χ1) is 13.2. The zero-order chi connectivity index (χ0) is 21.3. The quantitative estimate of drug-likeness (QED) is 0.271. The Morgan fingerprint density at radius 3 is 2.46 bits per heavy atom. The molecule has 1 saturated heterocycles. The van der Waals surface area contributed by atoms with E-state index in [1.807, 2.05) is 13.8 Å². The van der Waals surface area contributed by atoms with Gasteiger partial charge >= 0.3 is 5.97 Å². The standard InChI is InChI=1S/C18H33N5O5/c1-11(2)15(20)17(27)22-12(6-3-4-8-19)18(28)23-9-5-7-13(23)16(26)21-10-14(24)25/h11-13,15H,3-10,19-20H2,1-2H3,(H,21,26)(H,22,27)(H,24,25). The molecule has 0 spiro atoms. The molecule has 0 aromatic heterocycles. The fraction of sp³-hybridized carbons (Fsp3) is 0.778. The molecule has 1 fully saturated rings. The second-order valence-corrected chi connectivity index (χ2v) is 7.42. The summed E-state index contributed by atoms with van der Waals surface area (Å²) < 4.78 is 0. The number of unbranched alkanes of at least 4 members (excludes halogenated alkanes) is 1. The topological polar surface area (TPSA) is 168 Å². The van der Waals surface area contributed by atoms with Gasteiger partial charge in [-0.3, -0.25) is 19.2 Å². The van der Waals surface area contributed by atoms with E-state index in [0.717, 1.165) is 0 Å². The average molecular weight is 399 g/mol. The van der Waals surface area contributed by atoms with Gasteiger partial charge in [0.2, 0.25) is 17.7 Å². The number of aliphatic carboxylic acids is 1. The van der Waals surface area contributed by atoms with Crippen LogP contribution in [-0.4, -0.2) is 71.5 Å². The Bertz CT molecular complexity index is 569. The number of hydrogen-bond acceptors (Lipinski definition) is 6. The van der Waals surface area contributed by atoms with Crippen LogP contribution >= 0.6 is 0 Å². The Kier molecular flexibility index (Phi) is 9.88. The van der Waals surface area contributed by atoms with Crippen molar-refractivity contribution in [3.8, 4) is 0 Å². The van der Waals surface area contributed by atoms with E-state index in [4.69, 9.17) is 16.6 Å². The predicted octanol–water partition coefficient (Wildman–Crippen LogP) is -1.22. The molecule has 0 radical (unpaired) electrons. The molecule has 1 aliphatic heterocycles. The third-order valence-electron chi connectivity index (χ3n) is 4.83. The minimum absolute atomic E-state index is 0.0823. The number of nitrogens with zero attached hydrogens (tertiary/aromatic N) is 1. The van der Waals surface area contributed by atoms with Gasteiger partial charge in [0.05, 0.1) is 6.04 Å². The van der Waals surface area contributed by atoms with Gasteiger partial charge in [0, 0.05) is 6.54 Å². The molecule has 3 amide bonds. The van der Waals surface area contributed by atoms with Gasteiger partial charge < -0.3 is 32.1 Å². The van der Waals surface area contributed by atoms with Crippen molar-refractivity contribution in [3.63, 3.8) is 0 Å². The monoisotopic (exact) mass is 399 g/mol. The summed E-state index contributed by atoms with van der Waals surface area (Å²) in [7, 11) is 0. The lowest BCUT2D eigenvalue weighted by Crippen LogP contribution is -2.56. The van der Waals surface area contributed by atoms with Crippen molar-refractivity contribution >= 4 is 23.7 Å². The van der Waals surface area contributed by atoms with Crippen molar-refractivity contribution in [1.29, 1.82) is 0 Å². The highest BCUT2D eigenvalue weighted by molar-refractivity contribution is 5.94. The van der Waals surface area contributed by atoms with E-state index in [9.17, 15) is 19.2 Å². The number of nitrogens with two attached hydrogens (primary N) is 2. The highest BCUT2D eigenvalue weighted by atomic mass is 16.4. The van der Waals surface area contributed by atoms with Gasteiger partial charge in [-0.25, -0.2) is 0 Å². The maximum atomic E-state index is 13.1. The molecular formula is C18H33N5O5. The van der Waals surface area contributed by atoms with Gasteiger partial charge in [-0.1, -0.05) is 13.8 Å². The molecule has 0 saturated carbocycles. The van der Waals surface area contributed by atoms with Crippen molar-refractivity contribution in [3.05, 3.63) is 0 Å². The zero-order valence-electron chi connectivity index (χ0n) is 16.6. The third-order valence-corrected chi connectivity index (χ3v) is 4.83. The van der Waals surface area contributed by atoms with E-state index >= 15 is 0 Å². The zero-order valence-corrected chi connectivity index (χ0v) is 16.6. The number of nitrogens with one attached hydrogen (secondary N) is 2. The summed E-state index contributed by atoms with van der Waals surface area (Å²) in [5.41, 5.74) is 11.4. The molecule has 28 heavy (non-hydrogen) atoms. The lowest BCUT2D eigenvalue weighted by molar-refractivity contribution is -0.143. The molecule has 3 atom stereocenters. The lowest BCUT2D eigenvalue weighted by atomic mass is 10.0. The van der Waals surface area contributed by atoms with Crippen LogP contribution in [0.2, 0.25) is 0 Å². The van der Waals surface area contributed by atoms with Crippen molar-refractivity contribution in [1.82, 2.24) is 15.5 Å². The van der Waals surface area contributed by atoms with Gasteiger partial charge in [0.15, 0.2) is 0 Å². The van der Waals surface area contributed by atoms with Gasteiger partial charge in [0.25, 0.3) is 0 Å². The van der Waals surface area contributed by atoms with Crippen molar-refractivity contribution in [2.45, 2.75) is 64.1 Å². The molecule has 1 rings (SSSR count). The maximum Gasteiger partial charge on any atom is 0.322 e. The molecule has 160 valence electrons. The van der Waals surface area contributed by atoms with Crippen molar-refractivity contribution in [2.75, 3.05) is 19.6 Å². The summed E-state index contributed by atoms with van der Waals surface area (Å²) in [6.45, 7) is 3.99. The smallest absolute Gasteiger partial charge is 0.322 e. The number of carboxylic acids is 1. The fourth-order valence-electron chi connectivity index (χ4n) is 3.10. The molecular weight excluding hydrogens is 366 g/mol. The average Bonchev–Trinajstić information content (AvgIpc) is 3.13. The summed E-state index contributed by atoms with van der Waals surface area (Å²) in [5, 5.41) is 13.8. The van der Waals surface area contributed by atoms with E-state index in [-0.39, 0.29) is 11.8 Å². The second-order valence-electron chi connectivity index (χ2n) is 7.42. The van der Waals surface area contributed by atoms with Crippen LogP contribution in [0.4, 0.5) is 0 Å². The summed E-state index contributed by atoms with van der Waals surface area (Å²) in [5.74, 6) is -2.50. The molecule has 10 heteroatoms. The molecule has 0 aliphatic carbocycles. The molecule has 7 N–H and O–H groups in total. The second kappa shape index (κ2) is 11.6. The first kappa shape index (κ1) is 23.8. The van der Waals surface area contributed by atoms with Gasteiger partial charge in [0.1, 0.15) is 18.6 Å². The summed E-state index contributed by atoms with van der Waals surface area (Å²) in [4.78, 5) is 49.8. The molecule has 3 unspecified atom stereocenters. The minimum Gasteiger partial charge on any atom is -0.480 e. The number of likely N-dealkylation sites (tertiary alicyclic amines) is 1. The highest BCUT2D eigenvalue weighted by Gasteiger charge is 2.38. The normalized spacial score (nSPS) is 18.6. The Hall–Kier alpha value is -2.20. The number of rotatable bonds is 11. The molecule has 1 aliphatic rings. The SMILES string of the molecule is CC(C)C(N)C(=O)NC(CCCCN)C(=O)N1CCCC1C(=O)NCC(=O)O. The third kappa shape index (κ3) is 7.08. The fourth-order valence-corrected chi connectivity index (χ4v) is 3.10. The van der Waals surface area contributed by atoms with Crippen LogP contribution < -0.4 is 22.1 Å². The summed E-state index contributed by atoms with van der Waals surface area (Å²) in [6.07, 6.45) is 2.83. The van der Waals surface area contributed by atoms with E-state index in [0.29, 0.717) is 45.2 Å². The number of amides is 3. The number of hydrogen-bond donors (Lipinski definition) is 5. The molecule has 10 nitrogen and oxygen atoms in total. The maximum absolute atomic E-state index is 13.1. The van der Waals surface area contributed by atoms with E-state index in [1.165, 1.54) is 4.90 Å². The van der Waals surface area contributed by atoms with Crippen LogP contribution in [0.25, 0.3) is 0 Å². The molecule has 0 bridgehead atoms. The Morgan fingerprint density at radius 2 is 1.89 bits per heavy atom.